The summed E-state index contributed by atoms with van der Waals surface area (Å²) in [7, 11) is 0. The minimum atomic E-state index is -1.39. The topological polar surface area (TPSA) is 118 Å². The van der Waals surface area contributed by atoms with Crippen LogP contribution in [0.5, 0.6) is 0 Å². The Bertz CT molecular complexity index is 893. The van der Waals surface area contributed by atoms with Crippen molar-refractivity contribution in [3.63, 3.8) is 0 Å². The summed E-state index contributed by atoms with van der Waals surface area (Å²) in [4.78, 5) is 45.7. The molecule has 0 fully saturated rings. The predicted molar refractivity (Wildman–Crippen MR) is 83.1 cm³/mol. The number of esters is 2. The largest absolute Gasteiger partial charge is 0.478 e. The molecule has 0 aromatic heterocycles. The summed E-state index contributed by atoms with van der Waals surface area (Å²) < 4.78 is 4.59. The zero-order chi connectivity index (χ0) is 17.9. The minimum absolute atomic E-state index is 0.0415. The maximum atomic E-state index is 11.9. The zero-order valence-electron chi connectivity index (χ0n) is 12.5. The lowest BCUT2D eigenvalue weighted by molar-refractivity contribution is -0.132. The van der Waals surface area contributed by atoms with Gasteiger partial charge in [0.05, 0.1) is 16.7 Å². The van der Waals surface area contributed by atoms with Crippen LogP contribution in [-0.4, -0.2) is 34.1 Å². The molecular weight excluding hydrogens is 316 g/mol. The van der Waals surface area contributed by atoms with Crippen molar-refractivity contribution in [1.29, 1.82) is 0 Å². The second kappa shape index (κ2) is 6.74. The molecule has 0 unspecified atom stereocenters. The van der Waals surface area contributed by atoms with E-state index in [0.717, 1.165) is 12.1 Å². The first-order valence-corrected chi connectivity index (χ1v) is 6.77. The molecule has 2 N–H and O–H groups in total. The average molecular weight is 328 g/mol. The number of fused-ring (bicyclic) bond motifs is 1. The summed E-state index contributed by atoms with van der Waals surface area (Å²) in [5.74, 6) is -4.47. The van der Waals surface area contributed by atoms with Crippen LogP contribution in [-0.2, 0) is 9.53 Å². The standard InChI is InChI=1S/C17H12O7/c1-2-3-13(18)24-17(23)10-5-6-11-9(8-10)4-7-12(15(19)20)14(11)16(21)22/h2-8H,1H3,(H,19,20)(H,21,22). The highest BCUT2D eigenvalue weighted by Gasteiger charge is 2.20. The Hall–Kier alpha value is -3.48. The van der Waals surface area contributed by atoms with Gasteiger partial charge in [0.1, 0.15) is 0 Å². The van der Waals surface area contributed by atoms with Crippen molar-refractivity contribution >= 4 is 34.6 Å². The van der Waals surface area contributed by atoms with Crippen molar-refractivity contribution in [2.45, 2.75) is 6.92 Å². The number of carbonyl (C=O) groups excluding carboxylic acids is 2. The Labute approximate surface area is 135 Å². The van der Waals surface area contributed by atoms with Crippen LogP contribution >= 0.6 is 0 Å². The lowest BCUT2D eigenvalue weighted by Gasteiger charge is -2.08. The van der Waals surface area contributed by atoms with Gasteiger partial charge in [0.25, 0.3) is 0 Å². The molecule has 0 spiro atoms. The van der Waals surface area contributed by atoms with Crippen LogP contribution in [0.3, 0.4) is 0 Å². The Morgan fingerprint density at radius 2 is 1.71 bits per heavy atom. The number of allylic oxidation sites excluding steroid dienone is 1. The summed E-state index contributed by atoms with van der Waals surface area (Å²) in [6.45, 7) is 1.59. The number of ether oxygens (including phenoxy) is 1. The summed E-state index contributed by atoms with van der Waals surface area (Å²) in [5.41, 5.74) is -0.682. The smallest absolute Gasteiger partial charge is 0.346 e. The fraction of sp³-hybridized carbons (Fsp3) is 0.0588. The number of rotatable bonds is 4. The van der Waals surface area contributed by atoms with Gasteiger partial charge >= 0.3 is 23.9 Å². The number of carboxylic acid groups (broad SMARTS) is 2. The van der Waals surface area contributed by atoms with Crippen molar-refractivity contribution < 1.29 is 34.1 Å². The SMILES string of the molecule is CC=CC(=O)OC(=O)c1ccc2c(C(=O)O)c(C(=O)O)ccc2c1. The summed E-state index contributed by atoms with van der Waals surface area (Å²) in [5, 5.41) is 18.9. The van der Waals surface area contributed by atoms with Gasteiger partial charge in [-0.2, -0.15) is 0 Å². The molecule has 0 atom stereocenters. The molecule has 0 saturated heterocycles. The van der Waals surface area contributed by atoms with E-state index >= 15 is 0 Å². The normalized spacial score (nSPS) is 10.7. The fourth-order valence-corrected chi connectivity index (χ4v) is 2.19. The molecule has 2 rings (SSSR count). The molecule has 0 heterocycles. The van der Waals surface area contributed by atoms with Gasteiger partial charge < -0.3 is 14.9 Å². The van der Waals surface area contributed by atoms with Gasteiger partial charge in [-0.3, -0.25) is 0 Å². The molecule has 2 aromatic carbocycles. The lowest BCUT2D eigenvalue weighted by atomic mass is 9.97. The maximum Gasteiger partial charge on any atom is 0.346 e. The molecule has 0 aliphatic heterocycles. The predicted octanol–water partition coefficient (Wildman–Crippen LogP) is 2.50. The molecule has 0 aliphatic rings. The van der Waals surface area contributed by atoms with Gasteiger partial charge in [0, 0.05) is 6.08 Å². The number of hydrogen-bond donors (Lipinski definition) is 2. The molecule has 0 radical (unpaired) electrons. The summed E-state index contributed by atoms with van der Waals surface area (Å²) in [6, 6.07) is 6.44. The van der Waals surface area contributed by atoms with E-state index in [0.29, 0.717) is 5.39 Å². The fourth-order valence-electron chi connectivity index (χ4n) is 2.19. The quantitative estimate of drug-likeness (QED) is 0.503. The third kappa shape index (κ3) is 3.30. The average Bonchev–Trinajstić information content (AvgIpc) is 2.52. The first kappa shape index (κ1) is 16.9. The van der Waals surface area contributed by atoms with Crippen molar-refractivity contribution in [3.05, 3.63) is 59.2 Å². The van der Waals surface area contributed by atoms with Crippen LogP contribution in [0.1, 0.15) is 38.0 Å². The Morgan fingerprint density at radius 3 is 2.29 bits per heavy atom. The number of hydrogen-bond acceptors (Lipinski definition) is 5. The highest BCUT2D eigenvalue weighted by atomic mass is 16.6. The lowest BCUT2D eigenvalue weighted by Crippen LogP contribution is -2.11. The second-order valence-electron chi connectivity index (χ2n) is 4.74. The van der Waals surface area contributed by atoms with Gasteiger partial charge in [0.2, 0.25) is 0 Å². The molecule has 7 nitrogen and oxygen atoms in total. The maximum absolute atomic E-state index is 11.9. The molecule has 0 bridgehead atoms. The van der Waals surface area contributed by atoms with Gasteiger partial charge in [0.15, 0.2) is 0 Å². The third-order valence-electron chi connectivity index (χ3n) is 3.20. The zero-order valence-corrected chi connectivity index (χ0v) is 12.5. The molecule has 7 heteroatoms. The number of benzene rings is 2. The van der Waals surface area contributed by atoms with E-state index in [2.05, 4.69) is 4.74 Å². The van der Waals surface area contributed by atoms with E-state index in [-0.39, 0.29) is 22.1 Å². The molecule has 0 saturated carbocycles. The minimum Gasteiger partial charge on any atom is -0.478 e. The molecule has 0 aliphatic carbocycles. The Kier molecular flexibility index (Phi) is 4.74. The second-order valence-corrected chi connectivity index (χ2v) is 4.74. The van der Waals surface area contributed by atoms with Crippen LogP contribution in [0.4, 0.5) is 0 Å². The first-order valence-electron chi connectivity index (χ1n) is 6.77. The van der Waals surface area contributed by atoms with E-state index < -0.39 is 23.9 Å². The van der Waals surface area contributed by atoms with Crippen LogP contribution in [0, 0.1) is 0 Å². The number of carboxylic acids is 2. The van der Waals surface area contributed by atoms with Crippen molar-refractivity contribution in [2.24, 2.45) is 0 Å². The molecular formula is C17H12O7. The van der Waals surface area contributed by atoms with E-state index in [4.69, 9.17) is 5.11 Å². The van der Waals surface area contributed by atoms with E-state index in [1.807, 2.05) is 0 Å². The highest BCUT2D eigenvalue weighted by Crippen LogP contribution is 2.24. The third-order valence-corrected chi connectivity index (χ3v) is 3.20. The Balaban J connectivity index is 2.51. The van der Waals surface area contributed by atoms with Gasteiger partial charge in [-0.25, -0.2) is 19.2 Å². The van der Waals surface area contributed by atoms with Crippen LogP contribution in [0.2, 0.25) is 0 Å². The van der Waals surface area contributed by atoms with Crippen LogP contribution in [0.25, 0.3) is 10.8 Å². The van der Waals surface area contributed by atoms with Gasteiger partial charge in [-0.15, -0.1) is 0 Å². The molecule has 24 heavy (non-hydrogen) atoms. The monoisotopic (exact) mass is 328 g/mol. The van der Waals surface area contributed by atoms with E-state index in [9.17, 15) is 24.3 Å². The van der Waals surface area contributed by atoms with Gasteiger partial charge in [-0.1, -0.05) is 18.2 Å². The van der Waals surface area contributed by atoms with Crippen molar-refractivity contribution in [3.8, 4) is 0 Å². The summed E-state index contributed by atoms with van der Waals surface area (Å²) >= 11 is 0. The highest BCUT2D eigenvalue weighted by molar-refractivity contribution is 6.13. The van der Waals surface area contributed by atoms with Crippen LogP contribution < -0.4 is 0 Å². The summed E-state index contributed by atoms with van der Waals surface area (Å²) in [6.07, 6.45) is 2.50. The van der Waals surface area contributed by atoms with Crippen molar-refractivity contribution in [2.75, 3.05) is 0 Å². The van der Waals surface area contributed by atoms with E-state index in [1.165, 1.54) is 30.3 Å². The van der Waals surface area contributed by atoms with Crippen molar-refractivity contribution in [1.82, 2.24) is 0 Å². The Morgan fingerprint density at radius 1 is 1.00 bits per heavy atom. The van der Waals surface area contributed by atoms with Gasteiger partial charge in [-0.05, 0) is 35.9 Å². The molecule has 122 valence electrons. The number of carbonyl (C=O) groups is 4. The van der Waals surface area contributed by atoms with E-state index in [1.54, 1.807) is 6.92 Å². The number of aromatic carboxylic acids is 2. The molecule has 0 amide bonds. The first-order chi connectivity index (χ1) is 11.3. The van der Waals surface area contributed by atoms with Crippen LogP contribution in [0.15, 0.2) is 42.5 Å². The molecule has 2 aromatic rings.